The second-order valence-electron chi connectivity index (χ2n) is 9.54. The Morgan fingerprint density at radius 1 is 0.367 bits per heavy atom. The second-order valence-corrected chi connectivity index (χ2v) is 13.2. The molecule has 30 heavy (non-hydrogen) atoms. The first-order chi connectivity index (χ1) is 14.7. The van der Waals surface area contributed by atoms with Crippen LogP contribution in [-0.2, 0) is 8.85 Å². The van der Waals surface area contributed by atoms with E-state index >= 15 is 0 Å². The Labute approximate surface area is 192 Å². The van der Waals surface area contributed by atoms with Gasteiger partial charge in [0.05, 0.1) is 0 Å². The van der Waals surface area contributed by atoms with E-state index in [0.717, 1.165) is 0 Å². The van der Waals surface area contributed by atoms with Gasteiger partial charge in [-0.1, -0.05) is 149 Å². The summed E-state index contributed by atoms with van der Waals surface area (Å²) >= 11 is 0. The van der Waals surface area contributed by atoms with Crippen molar-refractivity contribution in [3.05, 3.63) is 0 Å². The van der Waals surface area contributed by atoms with Crippen molar-refractivity contribution in [1.29, 1.82) is 0 Å². The Morgan fingerprint density at radius 2 is 0.600 bits per heavy atom. The standard InChI is InChI=1S/C27H58O2Si/c1-5-7-9-11-13-14-15-16-17-18-19-20-21-23-25-27-30(28-3,29-4)26-24-22-12-10-8-6-2/h5-27H2,1-4H3. The molecule has 0 bridgehead atoms. The van der Waals surface area contributed by atoms with Gasteiger partial charge in [0, 0.05) is 14.2 Å². The predicted molar refractivity (Wildman–Crippen MR) is 138 cm³/mol. The summed E-state index contributed by atoms with van der Waals surface area (Å²) in [5.41, 5.74) is 0. The summed E-state index contributed by atoms with van der Waals surface area (Å²) in [6, 6.07) is 2.37. The lowest BCUT2D eigenvalue weighted by Crippen LogP contribution is -2.39. The molecule has 0 N–H and O–H groups in total. The molecule has 0 rings (SSSR count). The highest BCUT2D eigenvalue weighted by Gasteiger charge is 2.33. The fourth-order valence-electron chi connectivity index (χ4n) is 4.56. The highest BCUT2D eigenvalue weighted by molar-refractivity contribution is 6.67. The minimum atomic E-state index is -1.92. The second kappa shape index (κ2) is 23.8. The third-order valence-corrected chi connectivity index (χ3v) is 10.5. The molecule has 0 spiro atoms. The first kappa shape index (κ1) is 30.1. The van der Waals surface area contributed by atoms with Crippen LogP contribution in [0.25, 0.3) is 0 Å². The molecule has 0 aromatic heterocycles. The van der Waals surface area contributed by atoms with Crippen LogP contribution in [0.4, 0.5) is 0 Å². The molecule has 0 aliphatic heterocycles. The van der Waals surface area contributed by atoms with Crippen molar-refractivity contribution in [3.63, 3.8) is 0 Å². The van der Waals surface area contributed by atoms with Gasteiger partial charge in [-0.15, -0.1) is 0 Å². The molecule has 0 atom stereocenters. The maximum absolute atomic E-state index is 5.95. The summed E-state index contributed by atoms with van der Waals surface area (Å²) in [6.07, 6.45) is 29.5. The van der Waals surface area contributed by atoms with Crippen LogP contribution >= 0.6 is 0 Å². The fraction of sp³-hybridized carbons (Fsp3) is 1.00. The Bertz CT molecular complexity index is 318. The van der Waals surface area contributed by atoms with Crippen LogP contribution in [0.3, 0.4) is 0 Å². The van der Waals surface area contributed by atoms with Gasteiger partial charge in [-0.2, -0.15) is 0 Å². The summed E-state index contributed by atoms with van der Waals surface area (Å²) in [5.74, 6) is 0. The van der Waals surface area contributed by atoms with Crippen molar-refractivity contribution in [3.8, 4) is 0 Å². The maximum Gasteiger partial charge on any atom is 0.337 e. The number of unbranched alkanes of at least 4 members (excludes halogenated alkanes) is 19. The first-order valence-electron chi connectivity index (χ1n) is 13.8. The number of rotatable bonds is 25. The minimum absolute atomic E-state index is 1.19. The van der Waals surface area contributed by atoms with Crippen molar-refractivity contribution in [2.24, 2.45) is 0 Å². The largest absolute Gasteiger partial charge is 0.398 e. The summed E-state index contributed by atoms with van der Waals surface area (Å²) in [4.78, 5) is 0. The van der Waals surface area contributed by atoms with Crippen molar-refractivity contribution in [2.45, 2.75) is 161 Å². The third-order valence-electron chi connectivity index (χ3n) is 6.82. The molecule has 182 valence electrons. The fourth-order valence-corrected chi connectivity index (χ4v) is 7.37. The van der Waals surface area contributed by atoms with Crippen molar-refractivity contribution in [1.82, 2.24) is 0 Å². The van der Waals surface area contributed by atoms with Crippen LogP contribution in [0.5, 0.6) is 0 Å². The Hall–Kier alpha value is 0.137. The van der Waals surface area contributed by atoms with E-state index in [1.807, 2.05) is 14.2 Å². The zero-order valence-corrected chi connectivity index (χ0v) is 22.6. The van der Waals surface area contributed by atoms with Crippen LogP contribution in [-0.4, -0.2) is 22.8 Å². The van der Waals surface area contributed by atoms with Crippen LogP contribution in [0.15, 0.2) is 0 Å². The quantitative estimate of drug-likeness (QED) is 0.103. The van der Waals surface area contributed by atoms with Gasteiger partial charge in [-0.3, -0.25) is 0 Å². The van der Waals surface area contributed by atoms with E-state index in [-0.39, 0.29) is 0 Å². The molecule has 0 saturated carbocycles. The Morgan fingerprint density at radius 3 is 0.833 bits per heavy atom. The summed E-state index contributed by atoms with van der Waals surface area (Å²) in [7, 11) is 1.86. The lowest BCUT2D eigenvalue weighted by Gasteiger charge is -2.27. The topological polar surface area (TPSA) is 18.5 Å². The average Bonchev–Trinajstić information content (AvgIpc) is 2.77. The van der Waals surface area contributed by atoms with Gasteiger partial charge < -0.3 is 8.85 Å². The summed E-state index contributed by atoms with van der Waals surface area (Å²) in [5, 5.41) is 0. The van der Waals surface area contributed by atoms with Gasteiger partial charge in [0.25, 0.3) is 0 Å². The summed E-state index contributed by atoms with van der Waals surface area (Å²) in [6.45, 7) is 4.58. The molecule has 0 amide bonds. The highest BCUT2D eigenvalue weighted by Crippen LogP contribution is 2.25. The van der Waals surface area contributed by atoms with Gasteiger partial charge >= 0.3 is 8.56 Å². The lowest BCUT2D eigenvalue weighted by molar-refractivity contribution is 0.238. The molecule has 0 fully saturated rings. The molecule has 0 aliphatic carbocycles. The minimum Gasteiger partial charge on any atom is -0.398 e. The van der Waals surface area contributed by atoms with Crippen LogP contribution in [0.2, 0.25) is 12.1 Å². The molecular weight excluding hydrogens is 384 g/mol. The molecule has 0 saturated heterocycles. The normalized spacial score (nSPS) is 12.0. The van der Waals surface area contributed by atoms with E-state index in [1.165, 1.54) is 147 Å². The predicted octanol–water partition coefficient (Wildman–Crippen LogP) is 9.95. The van der Waals surface area contributed by atoms with E-state index < -0.39 is 8.56 Å². The van der Waals surface area contributed by atoms with E-state index in [0.29, 0.717) is 0 Å². The lowest BCUT2D eigenvalue weighted by atomic mass is 10.0. The average molecular weight is 443 g/mol. The molecule has 2 nitrogen and oxygen atoms in total. The monoisotopic (exact) mass is 442 g/mol. The molecule has 0 heterocycles. The van der Waals surface area contributed by atoms with Gasteiger partial charge in [0.15, 0.2) is 0 Å². The van der Waals surface area contributed by atoms with Gasteiger partial charge in [0.2, 0.25) is 0 Å². The first-order valence-corrected chi connectivity index (χ1v) is 16.1. The van der Waals surface area contributed by atoms with Gasteiger partial charge in [-0.25, -0.2) is 0 Å². The molecule has 0 aliphatic rings. The van der Waals surface area contributed by atoms with Crippen LogP contribution in [0.1, 0.15) is 149 Å². The van der Waals surface area contributed by atoms with E-state index in [2.05, 4.69) is 13.8 Å². The zero-order valence-electron chi connectivity index (χ0n) is 21.6. The molecule has 3 heteroatoms. The van der Waals surface area contributed by atoms with E-state index in [1.54, 1.807) is 0 Å². The van der Waals surface area contributed by atoms with Crippen molar-refractivity contribution >= 4 is 8.56 Å². The van der Waals surface area contributed by atoms with Crippen LogP contribution < -0.4 is 0 Å². The van der Waals surface area contributed by atoms with Gasteiger partial charge in [0.1, 0.15) is 0 Å². The van der Waals surface area contributed by atoms with Crippen molar-refractivity contribution in [2.75, 3.05) is 14.2 Å². The molecule has 0 aromatic rings. The Balaban J connectivity index is 3.51. The molecular formula is C27H58O2Si. The maximum atomic E-state index is 5.95. The van der Waals surface area contributed by atoms with E-state index in [9.17, 15) is 0 Å². The number of hydrogen-bond donors (Lipinski definition) is 0. The van der Waals surface area contributed by atoms with Gasteiger partial charge in [-0.05, 0) is 12.1 Å². The molecule has 0 aromatic carbocycles. The smallest absolute Gasteiger partial charge is 0.337 e. The summed E-state index contributed by atoms with van der Waals surface area (Å²) < 4.78 is 11.9. The van der Waals surface area contributed by atoms with Crippen molar-refractivity contribution < 1.29 is 8.85 Å². The zero-order chi connectivity index (χ0) is 22.2. The number of hydrogen-bond acceptors (Lipinski definition) is 2. The molecule has 0 radical (unpaired) electrons. The van der Waals surface area contributed by atoms with Crippen LogP contribution in [0, 0.1) is 0 Å². The highest BCUT2D eigenvalue weighted by atomic mass is 28.4. The molecule has 0 unspecified atom stereocenters. The SMILES string of the molecule is CCCCCCCCCCCCCCCCC[Si](CCCCCCCC)(OC)OC. The third kappa shape index (κ3) is 18.9. The van der Waals surface area contributed by atoms with E-state index in [4.69, 9.17) is 8.85 Å². The Kier molecular flexibility index (Phi) is 23.9.